The van der Waals surface area contributed by atoms with E-state index in [1.54, 1.807) is 152 Å². The monoisotopic (exact) mass is 1260 g/mol. The molecule has 0 aliphatic heterocycles. The van der Waals surface area contributed by atoms with Crippen LogP contribution in [-0.4, -0.2) is 47.0 Å². The van der Waals surface area contributed by atoms with Gasteiger partial charge in [0.25, 0.3) is 0 Å². The number of fused-ring (bicyclic) bond motifs is 11. The molecule has 4 aliphatic carbocycles. The lowest BCUT2D eigenvalue weighted by Gasteiger charge is -2.33. The molecule has 12 nitrogen and oxygen atoms in total. The van der Waals surface area contributed by atoms with Crippen LogP contribution in [0.15, 0.2) is 247 Å². The van der Waals surface area contributed by atoms with Crippen LogP contribution in [0.1, 0.15) is 90.1 Å². The molecule has 2 aromatic heterocycles. The molecule has 14 heteroatoms. The van der Waals surface area contributed by atoms with Gasteiger partial charge >= 0.3 is 23.9 Å². The number of Topliss-reactive ketones (excluding diaryl/α,β-unsaturated/α-hetero) is 4. The van der Waals surface area contributed by atoms with Gasteiger partial charge in [-0.1, -0.05) is 170 Å². The lowest BCUT2D eigenvalue weighted by atomic mass is 9.69. The van der Waals surface area contributed by atoms with Gasteiger partial charge in [0.05, 0.1) is 20.9 Å². The van der Waals surface area contributed by atoms with E-state index in [9.17, 15) is 9.59 Å². The molecule has 0 saturated heterocycles. The van der Waals surface area contributed by atoms with E-state index in [0.717, 1.165) is 55.0 Å². The fourth-order valence-electron chi connectivity index (χ4n) is 13.5. The Bertz CT molecular complexity index is 5160. The Balaban J connectivity index is 0.917. The summed E-state index contributed by atoms with van der Waals surface area (Å²) in [6.45, 7) is -1.48. The molecule has 0 bridgehead atoms. The van der Waals surface area contributed by atoms with Crippen molar-refractivity contribution in [2.75, 3.05) is 0 Å². The zero-order chi connectivity index (χ0) is 64.0. The molecule has 0 amide bonds. The number of carbonyl (C=O) groups is 8. The molecule has 94 heavy (non-hydrogen) atoms. The predicted octanol–water partition coefficient (Wildman–Crippen LogP) is 15.8. The van der Waals surface area contributed by atoms with Crippen molar-refractivity contribution in [1.29, 1.82) is 0 Å². The van der Waals surface area contributed by atoms with Crippen molar-refractivity contribution in [3.05, 3.63) is 318 Å². The highest BCUT2D eigenvalue weighted by atomic mass is 32.1. The number of ether oxygens (including phenoxy) is 4. The van der Waals surface area contributed by atoms with Gasteiger partial charge in [0.2, 0.25) is 10.8 Å². The summed E-state index contributed by atoms with van der Waals surface area (Å²) in [4.78, 5) is 126. The normalized spacial score (nSPS) is 14.6. The Morgan fingerprint density at radius 2 is 0.670 bits per heavy atom. The number of esters is 4. The van der Waals surface area contributed by atoms with E-state index in [1.807, 2.05) is 72.8 Å². The zero-order valence-corrected chi connectivity index (χ0v) is 51.3. The van der Waals surface area contributed by atoms with Gasteiger partial charge in [-0.05, 0) is 144 Å². The first-order chi connectivity index (χ1) is 45.9. The molecule has 0 atom stereocenters. The summed E-state index contributed by atoms with van der Waals surface area (Å²) in [6.07, 6.45) is 4.19. The van der Waals surface area contributed by atoms with Crippen LogP contribution in [0.2, 0.25) is 0 Å². The van der Waals surface area contributed by atoms with Crippen molar-refractivity contribution in [1.82, 2.24) is 0 Å². The Morgan fingerprint density at radius 1 is 0.340 bits per heavy atom. The highest BCUT2D eigenvalue weighted by molar-refractivity contribution is 7.24. The summed E-state index contributed by atoms with van der Waals surface area (Å²) < 4.78 is 25.4. The largest absolute Gasteiger partial charge is 0.459 e. The van der Waals surface area contributed by atoms with Crippen molar-refractivity contribution in [2.24, 2.45) is 0 Å². The lowest BCUT2D eigenvalue weighted by molar-refractivity contribution is -0.167. The minimum atomic E-state index is -2.82. The summed E-state index contributed by atoms with van der Waals surface area (Å²) in [7, 11) is 0. The van der Waals surface area contributed by atoms with Crippen LogP contribution in [0.4, 0.5) is 0 Å². The zero-order valence-electron chi connectivity index (χ0n) is 49.6. The molecule has 0 N–H and O–H groups in total. The van der Waals surface area contributed by atoms with E-state index in [4.69, 9.17) is 18.9 Å². The van der Waals surface area contributed by atoms with Crippen LogP contribution in [-0.2, 0) is 75.4 Å². The second kappa shape index (κ2) is 22.7. The maximum absolute atomic E-state index is 16.4. The topological polar surface area (TPSA) is 173 Å². The average molecular weight is 1270 g/mol. The molecule has 0 spiro atoms. The second-order valence-electron chi connectivity index (χ2n) is 23.6. The predicted molar refractivity (Wildman–Crippen MR) is 359 cm³/mol. The van der Waals surface area contributed by atoms with Gasteiger partial charge in [-0.15, -0.1) is 22.7 Å². The van der Waals surface area contributed by atoms with Crippen molar-refractivity contribution >= 4 is 125 Å². The molecule has 16 rings (SSSR count). The van der Waals surface area contributed by atoms with Crippen LogP contribution >= 0.6 is 22.7 Å². The SMILES string of the molecule is O=C1C(=CC2=Cc3sc4c(c3C2(C(=O)OCc2ccccc2)C(=O)OCc2ccccc2)C(C(=O)OCc2ccccc2)(C(=O)OCc2ccccc2)c2cc(C=C3C(=O)c5cc6cc7ccccc7cc6cc5C3=O)sc2-4)C(=O)c2cc3cc4ccccc4cc3cc21. The first-order valence-corrected chi connectivity index (χ1v) is 31.9. The van der Waals surface area contributed by atoms with Crippen LogP contribution in [0.5, 0.6) is 0 Å². The molecule has 452 valence electrons. The highest BCUT2D eigenvalue weighted by Gasteiger charge is 2.68. The first kappa shape index (κ1) is 57.6. The molecular formula is C80H48O12S2. The van der Waals surface area contributed by atoms with Crippen LogP contribution in [0, 0.1) is 0 Å². The molecular weight excluding hydrogens is 1220 g/mol. The third kappa shape index (κ3) is 9.23. The molecule has 4 aliphatic rings. The van der Waals surface area contributed by atoms with Gasteiger partial charge in [0.1, 0.15) is 26.4 Å². The Morgan fingerprint density at radius 3 is 1.03 bits per heavy atom. The fraction of sp³-hybridized carbons (Fsp3) is 0.0750. The van der Waals surface area contributed by atoms with E-state index >= 15 is 28.8 Å². The number of rotatable bonds is 14. The van der Waals surface area contributed by atoms with Crippen LogP contribution in [0.3, 0.4) is 0 Å². The second-order valence-corrected chi connectivity index (χ2v) is 25.7. The first-order valence-electron chi connectivity index (χ1n) is 30.3. The number of hydrogen-bond donors (Lipinski definition) is 0. The summed E-state index contributed by atoms with van der Waals surface area (Å²) in [5.74, 6) is -7.11. The van der Waals surface area contributed by atoms with E-state index in [0.29, 0.717) is 42.8 Å². The van der Waals surface area contributed by atoms with Crippen LogP contribution in [0.25, 0.3) is 65.0 Å². The maximum atomic E-state index is 16.4. The summed E-state index contributed by atoms with van der Waals surface area (Å²) in [6, 6.07) is 66.8. The number of thiophene rings is 2. The standard InChI is InChI=1S/C80H48O12S2/c81-69-59-33-53-29-49-25-13-14-26-50(49)30-54(53)34-60(59)70(82)63(69)37-57-38-66-67(79(57,75(85)89-41-45-17-5-1-6-18-45)76(86)90-42-46-19-7-2-8-20-46)68-74(94-66)73-65(80(68,77(87)91-43-47-21-9-3-10-22-47)78(88)92-44-48-23-11-4-12-24-48)40-58(93-73)39-64-71(83)61-35-55-31-51-27-15-16-28-52(51)32-56(55)36-62(61)72(64)84/h1-40H,41-44H2. The number of benzene rings is 10. The van der Waals surface area contributed by atoms with Gasteiger partial charge in [-0.25, -0.2) is 0 Å². The minimum Gasteiger partial charge on any atom is -0.459 e. The van der Waals surface area contributed by atoms with E-state index in [2.05, 4.69) is 0 Å². The molecule has 0 radical (unpaired) electrons. The Labute approximate surface area is 544 Å². The van der Waals surface area contributed by atoms with Gasteiger partial charge in [-0.3, -0.25) is 38.4 Å². The molecule has 0 saturated carbocycles. The van der Waals surface area contributed by atoms with Crippen LogP contribution < -0.4 is 0 Å². The number of hydrogen-bond acceptors (Lipinski definition) is 14. The van der Waals surface area contributed by atoms with E-state index in [1.165, 1.54) is 18.2 Å². The van der Waals surface area contributed by atoms with Crippen molar-refractivity contribution in [2.45, 2.75) is 37.3 Å². The van der Waals surface area contributed by atoms with Gasteiger partial charge < -0.3 is 18.9 Å². The number of ketones is 4. The van der Waals surface area contributed by atoms with Crippen molar-refractivity contribution in [3.8, 4) is 9.75 Å². The minimum absolute atomic E-state index is 0.0182. The third-order valence-corrected chi connectivity index (χ3v) is 20.5. The third-order valence-electron chi connectivity index (χ3n) is 18.1. The molecule has 0 fully saturated rings. The Kier molecular flexibility index (Phi) is 13.9. The quantitative estimate of drug-likeness (QED) is 0.0252. The van der Waals surface area contributed by atoms with Gasteiger partial charge in [0, 0.05) is 48.7 Å². The summed E-state index contributed by atoms with van der Waals surface area (Å²) in [5, 5.41) is 6.72. The smallest absolute Gasteiger partial charge is 0.333 e. The Hall–Kier alpha value is -11.6. The number of allylic oxidation sites excluding steroid dienone is 3. The van der Waals surface area contributed by atoms with Gasteiger partial charge in [-0.2, -0.15) is 0 Å². The average Bonchev–Trinajstić information content (AvgIpc) is 1.49. The van der Waals surface area contributed by atoms with Crippen molar-refractivity contribution in [3.63, 3.8) is 0 Å². The van der Waals surface area contributed by atoms with E-state index < -0.39 is 57.8 Å². The highest BCUT2D eigenvalue weighted by Crippen LogP contribution is 2.64. The lowest BCUT2D eigenvalue weighted by Crippen LogP contribution is -2.51. The van der Waals surface area contributed by atoms with Gasteiger partial charge in [0.15, 0.2) is 23.1 Å². The molecule has 0 unspecified atom stereocenters. The molecule has 10 aromatic carbocycles. The fourth-order valence-corrected chi connectivity index (χ4v) is 16.2. The summed E-state index contributed by atoms with van der Waals surface area (Å²) >= 11 is 2.11. The maximum Gasteiger partial charge on any atom is 0.333 e. The molecule has 2 heterocycles. The summed E-state index contributed by atoms with van der Waals surface area (Å²) in [5.41, 5.74) is -3.73. The number of carbonyl (C=O) groups excluding carboxylic acids is 8. The van der Waals surface area contributed by atoms with Crippen molar-refractivity contribution < 1.29 is 57.3 Å². The molecule has 12 aromatic rings. The van der Waals surface area contributed by atoms with E-state index in [-0.39, 0.29) is 91.8 Å².